The van der Waals surface area contributed by atoms with Gasteiger partial charge in [-0.2, -0.15) is 10.2 Å². The maximum Gasteiger partial charge on any atom is 0.259 e. The van der Waals surface area contributed by atoms with Crippen molar-refractivity contribution >= 4 is 69.4 Å². The fourth-order valence-corrected chi connectivity index (χ4v) is 2.94. The molecule has 0 aliphatic heterocycles. The minimum Gasteiger partial charge on any atom is -0.484 e. The second kappa shape index (κ2) is 11.4. The van der Waals surface area contributed by atoms with E-state index in [1.54, 1.807) is 48.5 Å². The maximum atomic E-state index is 12.3. The largest absolute Gasteiger partial charge is 0.484 e. The van der Waals surface area contributed by atoms with Crippen LogP contribution in [0.2, 0.25) is 5.02 Å². The molecular weight excluding hydrogens is 494 g/mol. The standard InChI is InChI=1S/C22H18Cl4N4O2/c23-15-6-12-19(13-7-15)32-14-20(31)28-21(22(24,25)26)27-16-8-10-18(11-9-16)30-29-17-4-2-1-3-5-17/h1-13,21,27H,14H2,(H,28,31). The van der Waals surface area contributed by atoms with Gasteiger partial charge in [0.15, 0.2) is 6.61 Å². The topological polar surface area (TPSA) is 75.1 Å². The Morgan fingerprint density at radius 2 is 1.47 bits per heavy atom. The van der Waals surface area contributed by atoms with Crippen molar-refractivity contribution in [3.8, 4) is 5.75 Å². The van der Waals surface area contributed by atoms with Crippen LogP contribution in [0.3, 0.4) is 0 Å². The first-order valence-corrected chi connectivity index (χ1v) is 10.9. The number of hydrogen-bond acceptors (Lipinski definition) is 5. The molecule has 0 bridgehead atoms. The van der Waals surface area contributed by atoms with Crippen LogP contribution in [-0.4, -0.2) is 22.5 Å². The number of carbonyl (C=O) groups excluding carboxylic acids is 1. The molecule has 10 heteroatoms. The summed E-state index contributed by atoms with van der Waals surface area (Å²) in [5.74, 6) is 0.0141. The first-order valence-electron chi connectivity index (χ1n) is 9.37. The summed E-state index contributed by atoms with van der Waals surface area (Å²) in [4.78, 5) is 12.3. The lowest BCUT2D eigenvalue weighted by Gasteiger charge is -2.27. The molecule has 0 fully saturated rings. The molecule has 32 heavy (non-hydrogen) atoms. The summed E-state index contributed by atoms with van der Waals surface area (Å²) in [6, 6.07) is 22.9. The number of nitrogens with one attached hydrogen (secondary N) is 2. The van der Waals surface area contributed by atoms with Crippen molar-refractivity contribution < 1.29 is 9.53 Å². The first kappa shape index (κ1) is 24.1. The minimum absolute atomic E-state index is 0.265. The number of anilines is 1. The van der Waals surface area contributed by atoms with Crippen molar-refractivity contribution in [2.24, 2.45) is 10.2 Å². The molecule has 0 heterocycles. The summed E-state index contributed by atoms with van der Waals surface area (Å²) >= 11 is 24.0. The third-order valence-corrected chi connectivity index (χ3v) is 4.94. The summed E-state index contributed by atoms with van der Waals surface area (Å²) in [5, 5.41) is 14.5. The van der Waals surface area contributed by atoms with Crippen LogP contribution in [0.4, 0.5) is 17.1 Å². The van der Waals surface area contributed by atoms with Gasteiger partial charge in [-0.15, -0.1) is 0 Å². The van der Waals surface area contributed by atoms with Crippen LogP contribution >= 0.6 is 46.4 Å². The number of nitrogens with zero attached hydrogens (tertiary/aromatic N) is 2. The summed E-state index contributed by atoms with van der Waals surface area (Å²) < 4.78 is 3.60. The first-order chi connectivity index (χ1) is 15.3. The van der Waals surface area contributed by atoms with Gasteiger partial charge in [-0.3, -0.25) is 4.79 Å². The van der Waals surface area contributed by atoms with Crippen LogP contribution in [-0.2, 0) is 4.79 Å². The lowest BCUT2D eigenvalue weighted by molar-refractivity contribution is -0.123. The molecule has 0 radical (unpaired) electrons. The number of amides is 1. The quantitative estimate of drug-likeness (QED) is 0.193. The molecule has 0 aliphatic rings. The van der Waals surface area contributed by atoms with E-state index in [1.807, 2.05) is 30.3 Å². The molecule has 3 aromatic carbocycles. The predicted molar refractivity (Wildman–Crippen MR) is 130 cm³/mol. The predicted octanol–water partition coefficient (Wildman–Crippen LogP) is 7.06. The normalized spacial score (nSPS) is 12.4. The molecule has 166 valence electrons. The Kier molecular flexibility index (Phi) is 8.59. The van der Waals surface area contributed by atoms with Gasteiger partial charge in [0, 0.05) is 10.7 Å². The van der Waals surface area contributed by atoms with Gasteiger partial charge in [-0.05, 0) is 60.7 Å². The van der Waals surface area contributed by atoms with Crippen molar-refractivity contribution in [2.45, 2.75) is 9.96 Å². The molecule has 0 aromatic heterocycles. The van der Waals surface area contributed by atoms with Crippen molar-refractivity contribution in [2.75, 3.05) is 11.9 Å². The highest BCUT2D eigenvalue weighted by Crippen LogP contribution is 2.31. The van der Waals surface area contributed by atoms with E-state index in [-0.39, 0.29) is 6.61 Å². The van der Waals surface area contributed by atoms with Gasteiger partial charge in [-0.25, -0.2) is 0 Å². The number of carbonyl (C=O) groups is 1. The van der Waals surface area contributed by atoms with Gasteiger partial charge in [-0.1, -0.05) is 64.6 Å². The minimum atomic E-state index is -1.82. The van der Waals surface area contributed by atoms with Crippen LogP contribution < -0.4 is 15.4 Å². The number of azo groups is 1. The van der Waals surface area contributed by atoms with Gasteiger partial charge in [0.05, 0.1) is 11.4 Å². The molecule has 0 saturated carbocycles. The third-order valence-electron chi connectivity index (χ3n) is 4.03. The Morgan fingerprint density at radius 1 is 0.875 bits per heavy atom. The zero-order valence-electron chi connectivity index (χ0n) is 16.5. The van der Waals surface area contributed by atoms with Gasteiger partial charge < -0.3 is 15.4 Å². The Balaban J connectivity index is 1.58. The van der Waals surface area contributed by atoms with Gasteiger partial charge >= 0.3 is 0 Å². The highest BCUT2D eigenvalue weighted by Gasteiger charge is 2.34. The lowest BCUT2D eigenvalue weighted by atomic mass is 10.3. The van der Waals surface area contributed by atoms with Gasteiger partial charge in [0.1, 0.15) is 11.9 Å². The number of hydrogen-bond donors (Lipinski definition) is 2. The van der Waals surface area contributed by atoms with E-state index in [2.05, 4.69) is 20.9 Å². The highest BCUT2D eigenvalue weighted by molar-refractivity contribution is 6.68. The number of rotatable bonds is 8. The Hall–Kier alpha value is -2.51. The van der Waals surface area contributed by atoms with E-state index in [0.29, 0.717) is 22.1 Å². The smallest absolute Gasteiger partial charge is 0.259 e. The van der Waals surface area contributed by atoms with E-state index in [1.165, 1.54) is 0 Å². The molecular formula is C22H18Cl4N4O2. The molecule has 0 saturated heterocycles. The fraction of sp³-hybridized carbons (Fsp3) is 0.136. The highest BCUT2D eigenvalue weighted by atomic mass is 35.6. The lowest BCUT2D eigenvalue weighted by Crippen LogP contribution is -2.50. The Labute approximate surface area is 205 Å². The van der Waals surface area contributed by atoms with E-state index >= 15 is 0 Å². The Morgan fingerprint density at radius 3 is 2.06 bits per heavy atom. The van der Waals surface area contributed by atoms with Crippen LogP contribution in [0.5, 0.6) is 5.75 Å². The second-order valence-electron chi connectivity index (χ2n) is 6.51. The summed E-state index contributed by atoms with van der Waals surface area (Å²) in [7, 11) is 0. The molecule has 1 amide bonds. The molecule has 0 aliphatic carbocycles. The van der Waals surface area contributed by atoms with Crippen LogP contribution in [0.25, 0.3) is 0 Å². The van der Waals surface area contributed by atoms with Crippen LogP contribution in [0.1, 0.15) is 0 Å². The van der Waals surface area contributed by atoms with Crippen LogP contribution in [0.15, 0.2) is 89.1 Å². The van der Waals surface area contributed by atoms with E-state index < -0.39 is 15.9 Å². The molecule has 6 nitrogen and oxygen atoms in total. The summed E-state index contributed by atoms with van der Waals surface area (Å²) in [6.07, 6.45) is -1.01. The molecule has 1 atom stereocenters. The van der Waals surface area contributed by atoms with Crippen molar-refractivity contribution in [1.82, 2.24) is 5.32 Å². The number of ether oxygens (including phenoxy) is 1. The molecule has 2 N–H and O–H groups in total. The summed E-state index contributed by atoms with van der Waals surface area (Å²) in [6.45, 7) is -0.265. The van der Waals surface area contributed by atoms with Crippen LogP contribution in [0, 0.1) is 0 Å². The monoisotopic (exact) mass is 510 g/mol. The van der Waals surface area contributed by atoms with E-state index in [9.17, 15) is 4.79 Å². The molecule has 3 rings (SSSR count). The van der Waals surface area contributed by atoms with Crippen molar-refractivity contribution in [1.29, 1.82) is 0 Å². The SMILES string of the molecule is O=C(COc1ccc(Cl)cc1)NC(Nc1ccc(N=Nc2ccccc2)cc1)C(Cl)(Cl)Cl. The summed E-state index contributed by atoms with van der Waals surface area (Å²) in [5.41, 5.74) is 2.00. The van der Waals surface area contributed by atoms with Crippen molar-refractivity contribution in [3.63, 3.8) is 0 Å². The number of halogens is 4. The zero-order valence-corrected chi connectivity index (χ0v) is 19.5. The average Bonchev–Trinajstić information content (AvgIpc) is 2.78. The zero-order chi connectivity index (χ0) is 23.0. The van der Waals surface area contributed by atoms with Gasteiger partial charge in [0.25, 0.3) is 5.91 Å². The third kappa shape index (κ3) is 7.88. The molecule has 3 aromatic rings. The maximum absolute atomic E-state index is 12.3. The molecule has 1 unspecified atom stereocenters. The second-order valence-corrected chi connectivity index (χ2v) is 9.32. The molecule has 0 spiro atoms. The van der Waals surface area contributed by atoms with Gasteiger partial charge in [0.2, 0.25) is 3.79 Å². The number of benzene rings is 3. The average molecular weight is 512 g/mol. The fourth-order valence-electron chi connectivity index (χ4n) is 2.48. The Bertz CT molecular complexity index is 1040. The van der Waals surface area contributed by atoms with E-state index in [4.69, 9.17) is 51.1 Å². The van der Waals surface area contributed by atoms with Crippen molar-refractivity contribution in [3.05, 3.63) is 83.9 Å². The van der Waals surface area contributed by atoms with E-state index in [0.717, 1.165) is 5.69 Å². The number of alkyl halides is 3.